The molecule has 1 aliphatic rings. The Bertz CT molecular complexity index is 227. The highest BCUT2D eigenvalue weighted by atomic mass is 32.2. The number of hydrogen-bond acceptors (Lipinski definition) is 5. The molecule has 3 N–H and O–H groups in total. The summed E-state index contributed by atoms with van der Waals surface area (Å²) in [4.78, 5) is 11.8. The van der Waals surface area contributed by atoms with Gasteiger partial charge in [0.1, 0.15) is 10.4 Å². The van der Waals surface area contributed by atoms with Gasteiger partial charge < -0.3 is 15.8 Å². The number of carbonyl (C=O) groups is 1. The zero-order valence-electron chi connectivity index (χ0n) is 7.09. The van der Waals surface area contributed by atoms with Gasteiger partial charge in [-0.2, -0.15) is 0 Å². The quantitative estimate of drug-likeness (QED) is 0.612. The van der Waals surface area contributed by atoms with Gasteiger partial charge in [-0.3, -0.25) is 0 Å². The van der Waals surface area contributed by atoms with Crippen molar-refractivity contribution in [2.45, 2.75) is 19.3 Å². The van der Waals surface area contributed by atoms with Gasteiger partial charge in [0.05, 0.1) is 6.61 Å². The Labute approximate surface area is 75.5 Å². The van der Waals surface area contributed by atoms with E-state index in [2.05, 4.69) is 5.32 Å². The van der Waals surface area contributed by atoms with Crippen LogP contribution in [0, 0.1) is 0 Å². The number of nitrogens with two attached hydrogens (primary N) is 1. The van der Waals surface area contributed by atoms with Crippen molar-refractivity contribution in [3.8, 4) is 0 Å². The minimum Gasteiger partial charge on any atom is -0.462 e. The Kier molecular flexibility index (Phi) is 2.99. The van der Waals surface area contributed by atoms with E-state index in [0.717, 1.165) is 5.70 Å². The van der Waals surface area contributed by atoms with E-state index in [1.165, 1.54) is 11.8 Å². The second-order valence-corrected chi connectivity index (χ2v) is 3.51. The molecule has 68 valence electrons. The third kappa shape index (κ3) is 1.92. The number of ether oxygens (including phenoxy) is 1. The molecule has 0 spiro atoms. The average molecular weight is 188 g/mol. The van der Waals surface area contributed by atoms with Crippen LogP contribution in [-0.4, -0.2) is 18.1 Å². The van der Waals surface area contributed by atoms with Gasteiger partial charge in [0.15, 0.2) is 0 Å². The SMILES string of the molecule is CCOC(=O)C1=C(C)NC(N)S1. The molecule has 1 heterocycles. The lowest BCUT2D eigenvalue weighted by molar-refractivity contribution is -0.137. The highest BCUT2D eigenvalue weighted by Gasteiger charge is 2.24. The maximum atomic E-state index is 11.2. The van der Waals surface area contributed by atoms with E-state index in [-0.39, 0.29) is 11.5 Å². The van der Waals surface area contributed by atoms with Crippen molar-refractivity contribution in [2.75, 3.05) is 6.61 Å². The normalized spacial score (nSPS) is 22.4. The van der Waals surface area contributed by atoms with Gasteiger partial charge in [-0.25, -0.2) is 4.79 Å². The number of thioether (sulfide) groups is 1. The standard InChI is InChI=1S/C7H12N2O2S/c1-3-11-6(10)5-4(2)9-7(8)12-5/h7,9H,3,8H2,1-2H3. The molecule has 0 aliphatic carbocycles. The molecule has 0 saturated carbocycles. The molecular formula is C7H12N2O2S. The van der Waals surface area contributed by atoms with Crippen LogP contribution in [0.4, 0.5) is 0 Å². The predicted molar refractivity (Wildman–Crippen MR) is 48.0 cm³/mol. The van der Waals surface area contributed by atoms with Gasteiger partial charge in [-0.15, -0.1) is 0 Å². The van der Waals surface area contributed by atoms with Crippen LogP contribution in [0.1, 0.15) is 13.8 Å². The number of rotatable bonds is 2. The third-order valence-corrected chi connectivity index (χ3v) is 2.49. The van der Waals surface area contributed by atoms with Crippen molar-refractivity contribution in [3.63, 3.8) is 0 Å². The van der Waals surface area contributed by atoms with E-state index >= 15 is 0 Å². The van der Waals surface area contributed by atoms with Crippen molar-refractivity contribution in [1.29, 1.82) is 0 Å². The molecule has 1 rings (SSSR count). The Hall–Kier alpha value is -0.680. The first kappa shape index (κ1) is 9.41. The molecule has 0 amide bonds. The van der Waals surface area contributed by atoms with E-state index in [1.807, 2.05) is 6.92 Å². The Morgan fingerprint density at radius 1 is 1.83 bits per heavy atom. The van der Waals surface area contributed by atoms with E-state index in [4.69, 9.17) is 10.5 Å². The van der Waals surface area contributed by atoms with Crippen LogP contribution in [0.5, 0.6) is 0 Å². The van der Waals surface area contributed by atoms with Crippen LogP contribution in [0.3, 0.4) is 0 Å². The first-order valence-electron chi connectivity index (χ1n) is 3.72. The minimum absolute atomic E-state index is 0.218. The van der Waals surface area contributed by atoms with Crippen LogP contribution < -0.4 is 11.1 Å². The maximum absolute atomic E-state index is 11.2. The van der Waals surface area contributed by atoms with E-state index < -0.39 is 0 Å². The molecular weight excluding hydrogens is 176 g/mol. The summed E-state index contributed by atoms with van der Waals surface area (Å²) in [5, 5.41) is 2.93. The van der Waals surface area contributed by atoms with Crippen LogP contribution in [-0.2, 0) is 9.53 Å². The van der Waals surface area contributed by atoms with Crippen LogP contribution in [0.2, 0.25) is 0 Å². The molecule has 1 unspecified atom stereocenters. The van der Waals surface area contributed by atoms with Crippen LogP contribution >= 0.6 is 11.8 Å². The summed E-state index contributed by atoms with van der Waals surface area (Å²) in [5.41, 5.74) is 6.13. The summed E-state index contributed by atoms with van der Waals surface area (Å²) < 4.78 is 4.83. The number of nitrogens with one attached hydrogen (secondary N) is 1. The van der Waals surface area contributed by atoms with Gasteiger partial charge >= 0.3 is 5.97 Å². The fraction of sp³-hybridized carbons (Fsp3) is 0.571. The average Bonchev–Trinajstić information content (AvgIpc) is 2.30. The molecule has 0 aromatic carbocycles. The first-order valence-corrected chi connectivity index (χ1v) is 4.60. The topological polar surface area (TPSA) is 64.3 Å². The molecule has 0 fully saturated rings. The molecule has 0 saturated heterocycles. The molecule has 1 aliphatic heterocycles. The largest absolute Gasteiger partial charge is 0.462 e. The Morgan fingerprint density at radius 3 is 2.92 bits per heavy atom. The smallest absolute Gasteiger partial charge is 0.346 e. The Balaban J connectivity index is 2.62. The summed E-state index contributed by atoms with van der Waals surface area (Å²) in [7, 11) is 0. The zero-order chi connectivity index (χ0) is 9.14. The second-order valence-electron chi connectivity index (χ2n) is 2.36. The summed E-state index contributed by atoms with van der Waals surface area (Å²) in [6.07, 6.45) is 0. The monoisotopic (exact) mass is 188 g/mol. The summed E-state index contributed by atoms with van der Waals surface area (Å²) in [6.45, 7) is 3.98. The molecule has 0 aromatic heterocycles. The van der Waals surface area contributed by atoms with Crippen molar-refractivity contribution in [3.05, 3.63) is 10.6 Å². The summed E-state index contributed by atoms with van der Waals surface area (Å²) in [6, 6.07) is 0. The molecule has 1 atom stereocenters. The lowest BCUT2D eigenvalue weighted by atomic mass is 10.4. The van der Waals surface area contributed by atoms with Gasteiger partial charge in [0.25, 0.3) is 0 Å². The highest BCUT2D eigenvalue weighted by molar-refractivity contribution is 8.04. The first-order chi connectivity index (χ1) is 5.65. The molecule has 5 heteroatoms. The molecule has 0 bridgehead atoms. The maximum Gasteiger partial charge on any atom is 0.346 e. The van der Waals surface area contributed by atoms with E-state index in [9.17, 15) is 4.79 Å². The molecule has 4 nitrogen and oxygen atoms in total. The highest BCUT2D eigenvalue weighted by Crippen LogP contribution is 2.28. The number of allylic oxidation sites excluding steroid dienone is 1. The summed E-state index contributed by atoms with van der Waals surface area (Å²) in [5.74, 6) is -0.291. The van der Waals surface area contributed by atoms with Crippen molar-refractivity contribution < 1.29 is 9.53 Å². The molecule has 12 heavy (non-hydrogen) atoms. The van der Waals surface area contributed by atoms with Gasteiger partial charge in [-0.1, -0.05) is 11.8 Å². The molecule has 0 aromatic rings. The van der Waals surface area contributed by atoms with Crippen LogP contribution in [0.25, 0.3) is 0 Å². The predicted octanol–water partition coefficient (Wildman–Crippen LogP) is 0.360. The van der Waals surface area contributed by atoms with E-state index in [0.29, 0.717) is 11.5 Å². The second kappa shape index (κ2) is 3.82. The van der Waals surface area contributed by atoms with E-state index in [1.54, 1.807) is 6.92 Å². The Morgan fingerprint density at radius 2 is 2.50 bits per heavy atom. The van der Waals surface area contributed by atoms with Crippen LogP contribution in [0.15, 0.2) is 10.6 Å². The number of hydrogen-bond donors (Lipinski definition) is 2. The number of esters is 1. The fourth-order valence-electron chi connectivity index (χ4n) is 0.922. The van der Waals surface area contributed by atoms with Crippen molar-refractivity contribution in [2.24, 2.45) is 5.73 Å². The molecule has 0 radical (unpaired) electrons. The number of carbonyl (C=O) groups excluding carboxylic acids is 1. The van der Waals surface area contributed by atoms with Gasteiger partial charge in [0, 0.05) is 5.70 Å². The van der Waals surface area contributed by atoms with Gasteiger partial charge in [0.2, 0.25) is 0 Å². The van der Waals surface area contributed by atoms with Gasteiger partial charge in [-0.05, 0) is 13.8 Å². The van der Waals surface area contributed by atoms with Crippen molar-refractivity contribution in [1.82, 2.24) is 5.32 Å². The third-order valence-electron chi connectivity index (χ3n) is 1.41. The fourth-order valence-corrected chi connectivity index (χ4v) is 1.80. The lowest BCUT2D eigenvalue weighted by Gasteiger charge is -2.01. The lowest BCUT2D eigenvalue weighted by Crippen LogP contribution is -2.28. The minimum atomic E-state index is -0.291. The zero-order valence-corrected chi connectivity index (χ0v) is 7.90. The van der Waals surface area contributed by atoms with Crippen molar-refractivity contribution >= 4 is 17.7 Å². The summed E-state index contributed by atoms with van der Waals surface area (Å²) >= 11 is 1.29.